The van der Waals surface area contributed by atoms with Crippen molar-refractivity contribution < 1.29 is 9.18 Å². The van der Waals surface area contributed by atoms with Crippen LogP contribution in [0.15, 0.2) is 42.5 Å². The Morgan fingerprint density at radius 2 is 2.14 bits per heavy atom. The number of fused-ring (bicyclic) bond motifs is 1. The Bertz CT molecular complexity index is 690. The van der Waals surface area contributed by atoms with Crippen molar-refractivity contribution in [3.63, 3.8) is 0 Å². The van der Waals surface area contributed by atoms with Gasteiger partial charge in [-0.25, -0.2) is 4.39 Å². The molecule has 1 amide bonds. The minimum atomic E-state index is -0.300. The molecule has 21 heavy (non-hydrogen) atoms. The van der Waals surface area contributed by atoms with Crippen LogP contribution in [0.1, 0.15) is 17.9 Å². The van der Waals surface area contributed by atoms with Crippen LogP contribution in [-0.4, -0.2) is 12.5 Å². The van der Waals surface area contributed by atoms with Gasteiger partial charge in [0.05, 0.1) is 5.69 Å². The van der Waals surface area contributed by atoms with Crippen LogP contribution >= 0.6 is 22.6 Å². The minimum Gasteiger partial charge on any atom is -0.384 e. The molecule has 0 bridgehead atoms. The van der Waals surface area contributed by atoms with E-state index in [1.807, 2.05) is 40.8 Å². The molecule has 3 nitrogen and oxygen atoms in total. The first kappa shape index (κ1) is 14.3. The molecule has 2 aromatic rings. The Kier molecular flexibility index (Phi) is 4.10. The Balaban J connectivity index is 1.68. The lowest BCUT2D eigenvalue weighted by molar-refractivity contribution is -0.116. The molecule has 0 radical (unpaired) electrons. The fourth-order valence-electron chi connectivity index (χ4n) is 2.56. The van der Waals surface area contributed by atoms with Gasteiger partial charge in [-0.15, -0.1) is 0 Å². The molecule has 0 saturated heterocycles. The van der Waals surface area contributed by atoms with Crippen molar-refractivity contribution in [2.75, 3.05) is 17.2 Å². The number of para-hydroxylation sites is 1. The average molecular weight is 396 g/mol. The van der Waals surface area contributed by atoms with Crippen molar-refractivity contribution in [1.82, 2.24) is 0 Å². The van der Waals surface area contributed by atoms with E-state index in [9.17, 15) is 9.18 Å². The summed E-state index contributed by atoms with van der Waals surface area (Å²) in [7, 11) is 0. The van der Waals surface area contributed by atoms with Gasteiger partial charge < -0.3 is 10.6 Å². The molecule has 1 heterocycles. The number of amides is 1. The van der Waals surface area contributed by atoms with Gasteiger partial charge in [0.2, 0.25) is 5.91 Å². The second kappa shape index (κ2) is 6.01. The van der Waals surface area contributed by atoms with Gasteiger partial charge in [-0.1, -0.05) is 18.2 Å². The zero-order valence-corrected chi connectivity index (χ0v) is 13.4. The number of hydrogen-bond donors (Lipinski definition) is 2. The van der Waals surface area contributed by atoms with E-state index < -0.39 is 0 Å². The number of carbonyl (C=O) groups is 1. The largest absolute Gasteiger partial charge is 0.384 e. The summed E-state index contributed by atoms with van der Waals surface area (Å²) in [6, 6.07) is 12.4. The highest BCUT2D eigenvalue weighted by molar-refractivity contribution is 14.1. The van der Waals surface area contributed by atoms with Crippen molar-refractivity contribution >= 4 is 39.9 Å². The molecule has 5 heteroatoms. The predicted molar refractivity (Wildman–Crippen MR) is 90.0 cm³/mol. The topological polar surface area (TPSA) is 41.1 Å². The van der Waals surface area contributed by atoms with Crippen LogP contribution in [0.2, 0.25) is 0 Å². The maximum Gasteiger partial charge on any atom is 0.225 e. The van der Waals surface area contributed by atoms with E-state index in [2.05, 4.69) is 16.7 Å². The van der Waals surface area contributed by atoms with E-state index in [4.69, 9.17) is 0 Å². The third-order valence-corrected chi connectivity index (χ3v) is 4.47. The van der Waals surface area contributed by atoms with Crippen LogP contribution < -0.4 is 10.6 Å². The molecule has 2 N–H and O–H groups in total. The molecule has 1 aliphatic rings. The summed E-state index contributed by atoms with van der Waals surface area (Å²) in [4.78, 5) is 12.2. The molecule has 0 aliphatic carbocycles. The number of benzene rings is 2. The first-order valence-electron chi connectivity index (χ1n) is 6.71. The summed E-state index contributed by atoms with van der Waals surface area (Å²) >= 11 is 2.02. The third kappa shape index (κ3) is 3.18. The van der Waals surface area contributed by atoms with Gasteiger partial charge in [0.25, 0.3) is 0 Å². The second-order valence-electron chi connectivity index (χ2n) is 5.04. The lowest BCUT2D eigenvalue weighted by atomic mass is 9.97. The zero-order valence-electron chi connectivity index (χ0n) is 11.2. The van der Waals surface area contributed by atoms with Gasteiger partial charge in [-0.2, -0.15) is 0 Å². The van der Waals surface area contributed by atoms with E-state index in [0.717, 1.165) is 12.2 Å². The van der Waals surface area contributed by atoms with Crippen molar-refractivity contribution in [3.8, 4) is 0 Å². The molecule has 0 spiro atoms. The number of anilines is 2. The molecule has 1 aliphatic heterocycles. The SMILES string of the molecule is O=C(CC1CNc2ccccc21)Nc1ccc(F)cc1I. The Hall–Kier alpha value is -1.63. The highest BCUT2D eigenvalue weighted by atomic mass is 127. The molecular weight excluding hydrogens is 382 g/mol. The van der Waals surface area contributed by atoms with Gasteiger partial charge in [0.1, 0.15) is 5.82 Å². The van der Waals surface area contributed by atoms with Gasteiger partial charge in [-0.05, 0) is 52.4 Å². The molecule has 0 aromatic heterocycles. The normalized spacial score (nSPS) is 16.2. The lowest BCUT2D eigenvalue weighted by Crippen LogP contribution is -2.17. The van der Waals surface area contributed by atoms with Crippen LogP contribution in [-0.2, 0) is 4.79 Å². The smallest absolute Gasteiger partial charge is 0.225 e. The van der Waals surface area contributed by atoms with Crippen LogP contribution in [0.5, 0.6) is 0 Å². The predicted octanol–water partition coefficient (Wildman–Crippen LogP) is 3.97. The van der Waals surface area contributed by atoms with Gasteiger partial charge >= 0.3 is 0 Å². The zero-order chi connectivity index (χ0) is 14.8. The summed E-state index contributed by atoms with van der Waals surface area (Å²) in [5.74, 6) is -0.173. The summed E-state index contributed by atoms with van der Waals surface area (Å²) in [6.07, 6.45) is 0.414. The first-order valence-corrected chi connectivity index (χ1v) is 7.79. The molecule has 108 valence electrons. The first-order chi connectivity index (χ1) is 10.1. The molecule has 1 unspecified atom stereocenters. The molecule has 1 atom stereocenters. The van der Waals surface area contributed by atoms with E-state index in [0.29, 0.717) is 15.7 Å². The lowest BCUT2D eigenvalue weighted by Gasteiger charge is -2.11. The van der Waals surface area contributed by atoms with Crippen molar-refractivity contribution in [1.29, 1.82) is 0 Å². The summed E-state index contributed by atoms with van der Waals surface area (Å²) in [5, 5.41) is 6.16. The third-order valence-electron chi connectivity index (χ3n) is 3.58. The van der Waals surface area contributed by atoms with Gasteiger partial charge in [0.15, 0.2) is 0 Å². The summed E-state index contributed by atoms with van der Waals surface area (Å²) in [6.45, 7) is 0.771. The number of halogens is 2. The Morgan fingerprint density at radius 3 is 2.95 bits per heavy atom. The molecule has 2 aromatic carbocycles. The van der Waals surface area contributed by atoms with Crippen molar-refractivity contribution in [2.45, 2.75) is 12.3 Å². The molecule has 0 fully saturated rings. The Morgan fingerprint density at radius 1 is 1.33 bits per heavy atom. The van der Waals surface area contributed by atoms with Crippen LogP contribution in [0, 0.1) is 9.39 Å². The Labute approximate surface area is 136 Å². The van der Waals surface area contributed by atoms with Gasteiger partial charge in [0, 0.05) is 28.1 Å². The monoisotopic (exact) mass is 396 g/mol. The quantitative estimate of drug-likeness (QED) is 0.772. The van der Waals surface area contributed by atoms with Crippen molar-refractivity contribution in [3.05, 3.63) is 57.4 Å². The molecular formula is C16H14FIN2O. The fourth-order valence-corrected chi connectivity index (χ4v) is 3.17. The highest BCUT2D eigenvalue weighted by Crippen LogP contribution is 2.33. The highest BCUT2D eigenvalue weighted by Gasteiger charge is 2.24. The van der Waals surface area contributed by atoms with E-state index in [-0.39, 0.29) is 17.6 Å². The summed E-state index contributed by atoms with van der Waals surface area (Å²) < 4.78 is 13.8. The maximum atomic E-state index is 13.1. The van der Waals surface area contributed by atoms with E-state index in [1.54, 1.807) is 6.07 Å². The van der Waals surface area contributed by atoms with Crippen LogP contribution in [0.25, 0.3) is 0 Å². The van der Waals surface area contributed by atoms with Crippen LogP contribution in [0.3, 0.4) is 0 Å². The molecule has 0 saturated carbocycles. The average Bonchev–Trinajstić information content (AvgIpc) is 2.85. The summed E-state index contributed by atoms with van der Waals surface area (Å²) in [5.41, 5.74) is 2.94. The number of nitrogens with one attached hydrogen (secondary N) is 2. The fraction of sp³-hybridized carbons (Fsp3) is 0.188. The standard InChI is InChI=1S/C16H14FIN2O/c17-11-5-6-15(13(18)8-11)20-16(21)7-10-9-19-14-4-2-1-3-12(10)14/h1-6,8,10,19H,7,9H2,(H,20,21). The number of rotatable bonds is 3. The van der Waals surface area contributed by atoms with E-state index in [1.165, 1.54) is 17.7 Å². The maximum absolute atomic E-state index is 13.1. The number of carbonyl (C=O) groups excluding carboxylic acids is 1. The number of hydrogen-bond acceptors (Lipinski definition) is 2. The minimum absolute atomic E-state index is 0.0528. The second-order valence-corrected chi connectivity index (χ2v) is 6.20. The van der Waals surface area contributed by atoms with E-state index >= 15 is 0 Å². The molecule has 3 rings (SSSR count). The van der Waals surface area contributed by atoms with Crippen molar-refractivity contribution in [2.24, 2.45) is 0 Å². The van der Waals surface area contributed by atoms with Crippen LogP contribution in [0.4, 0.5) is 15.8 Å². The van der Waals surface area contributed by atoms with Gasteiger partial charge in [-0.3, -0.25) is 4.79 Å².